The Kier molecular flexibility index (Phi) is 5.37. The van der Waals surface area contributed by atoms with Crippen molar-refractivity contribution < 1.29 is 28.5 Å². The van der Waals surface area contributed by atoms with Crippen molar-refractivity contribution in [2.24, 2.45) is 0 Å². The van der Waals surface area contributed by atoms with Gasteiger partial charge in [0.2, 0.25) is 12.6 Å². The largest absolute Gasteiger partial charge is 0.504 e. The van der Waals surface area contributed by atoms with E-state index < -0.39 is 11.9 Å². The van der Waals surface area contributed by atoms with E-state index in [0.717, 1.165) is 10.0 Å². The molecule has 0 fully saturated rings. The summed E-state index contributed by atoms with van der Waals surface area (Å²) >= 11 is 3.41. The van der Waals surface area contributed by atoms with Crippen LogP contribution < -0.4 is 19.6 Å². The molecule has 36 heavy (non-hydrogen) atoms. The van der Waals surface area contributed by atoms with Crippen LogP contribution in [0.1, 0.15) is 40.2 Å². The molecule has 8 nitrogen and oxygen atoms in total. The van der Waals surface area contributed by atoms with Gasteiger partial charge in [-0.2, -0.15) is 0 Å². The van der Waals surface area contributed by atoms with Crippen LogP contribution in [-0.2, 0) is 6.54 Å². The molecule has 6 rings (SSSR count). The minimum Gasteiger partial charge on any atom is -0.504 e. The Morgan fingerprint density at radius 1 is 1.06 bits per heavy atom. The number of amides is 1. The van der Waals surface area contributed by atoms with Crippen molar-refractivity contribution in [2.75, 3.05) is 13.4 Å². The molecule has 1 atom stereocenters. The van der Waals surface area contributed by atoms with Gasteiger partial charge in [0.1, 0.15) is 5.58 Å². The van der Waals surface area contributed by atoms with E-state index in [9.17, 15) is 14.7 Å². The number of hydrogen-bond donors (Lipinski definition) is 1. The van der Waals surface area contributed by atoms with Crippen LogP contribution in [0.25, 0.3) is 11.0 Å². The molecule has 1 aromatic heterocycles. The first kappa shape index (κ1) is 22.5. The smallest absolute Gasteiger partial charge is 0.291 e. The van der Waals surface area contributed by atoms with Gasteiger partial charge < -0.3 is 28.6 Å². The van der Waals surface area contributed by atoms with E-state index >= 15 is 0 Å². The summed E-state index contributed by atoms with van der Waals surface area (Å²) in [6, 6.07) is 14.7. The number of carbonyl (C=O) groups is 1. The minimum absolute atomic E-state index is 0.00611. The average molecular weight is 550 g/mol. The van der Waals surface area contributed by atoms with E-state index in [-0.39, 0.29) is 41.6 Å². The highest BCUT2D eigenvalue weighted by Gasteiger charge is 2.43. The van der Waals surface area contributed by atoms with E-state index in [1.165, 1.54) is 6.07 Å². The predicted molar refractivity (Wildman–Crippen MR) is 134 cm³/mol. The molecule has 9 heteroatoms. The third-order valence-corrected chi connectivity index (χ3v) is 6.81. The lowest BCUT2D eigenvalue weighted by molar-refractivity contribution is 0.0714. The Morgan fingerprint density at radius 3 is 2.72 bits per heavy atom. The normalized spacial score (nSPS) is 16.0. The first-order valence-electron chi connectivity index (χ1n) is 11.4. The van der Waals surface area contributed by atoms with Gasteiger partial charge >= 0.3 is 0 Å². The first-order valence-corrected chi connectivity index (χ1v) is 12.2. The number of nitrogens with zero attached hydrogens (tertiary/aromatic N) is 1. The van der Waals surface area contributed by atoms with Gasteiger partial charge in [0.05, 0.1) is 23.6 Å². The van der Waals surface area contributed by atoms with Crippen molar-refractivity contribution in [3.63, 3.8) is 0 Å². The molecular weight excluding hydrogens is 530 g/mol. The van der Waals surface area contributed by atoms with Gasteiger partial charge in [0, 0.05) is 11.0 Å². The van der Waals surface area contributed by atoms with Crippen LogP contribution in [0.3, 0.4) is 0 Å². The molecule has 0 aliphatic carbocycles. The van der Waals surface area contributed by atoms with E-state index in [2.05, 4.69) is 15.9 Å². The van der Waals surface area contributed by atoms with Crippen molar-refractivity contribution in [1.82, 2.24) is 4.90 Å². The number of fused-ring (bicyclic) bond motifs is 3. The molecule has 0 spiro atoms. The number of carbonyl (C=O) groups excluding carboxylic acids is 1. The molecule has 0 saturated heterocycles. The molecule has 2 aliphatic rings. The fraction of sp³-hybridized carbons (Fsp3) is 0.185. The lowest BCUT2D eigenvalue weighted by Crippen LogP contribution is -2.29. The Balaban J connectivity index is 1.53. The fourth-order valence-corrected chi connectivity index (χ4v) is 5.07. The number of phenolic OH excluding ortho intramolecular Hbond substituents is 1. The molecule has 1 N–H and O–H groups in total. The zero-order valence-electron chi connectivity index (χ0n) is 19.1. The van der Waals surface area contributed by atoms with Crippen LogP contribution >= 0.6 is 15.9 Å². The third-order valence-electron chi connectivity index (χ3n) is 6.32. The van der Waals surface area contributed by atoms with Crippen LogP contribution in [0.5, 0.6) is 23.0 Å². The minimum atomic E-state index is -0.752. The highest BCUT2D eigenvalue weighted by atomic mass is 79.9. The van der Waals surface area contributed by atoms with Crippen LogP contribution in [0.4, 0.5) is 0 Å². The molecule has 182 valence electrons. The number of benzene rings is 3. The molecule has 3 heterocycles. The molecule has 0 bridgehead atoms. The van der Waals surface area contributed by atoms with Crippen LogP contribution in [0.2, 0.25) is 0 Å². The summed E-state index contributed by atoms with van der Waals surface area (Å²) in [5.41, 5.74) is 1.71. The zero-order chi connectivity index (χ0) is 25.0. The Bertz CT molecular complexity index is 1600. The second-order valence-corrected chi connectivity index (χ2v) is 9.41. The molecule has 0 radical (unpaired) electrons. The van der Waals surface area contributed by atoms with Crippen molar-refractivity contribution in [3.8, 4) is 23.0 Å². The lowest BCUT2D eigenvalue weighted by Gasteiger charge is -2.26. The fourth-order valence-electron chi connectivity index (χ4n) is 4.71. The topological polar surface area (TPSA) is 98.4 Å². The van der Waals surface area contributed by atoms with Crippen molar-refractivity contribution in [2.45, 2.75) is 19.5 Å². The SMILES string of the molecule is CCOc1cc(C2c3c(oc4ccc(Br)cc4c3=O)C(=O)N2Cc2ccc3c(c2)OCO3)ccc1O. The Labute approximate surface area is 213 Å². The maximum absolute atomic E-state index is 13.8. The number of halogens is 1. The van der Waals surface area contributed by atoms with Gasteiger partial charge in [-0.3, -0.25) is 9.59 Å². The van der Waals surface area contributed by atoms with Crippen LogP contribution in [-0.4, -0.2) is 29.3 Å². The van der Waals surface area contributed by atoms with Crippen molar-refractivity contribution >= 4 is 32.8 Å². The number of ether oxygens (including phenoxy) is 3. The first-order chi connectivity index (χ1) is 17.4. The molecule has 3 aromatic carbocycles. The maximum Gasteiger partial charge on any atom is 0.291 e. The van der Waals surface area contributed by atoms with Crippen molar-refractivity contribution in [1.29, 1.82) is 0 Å². The standard InChI is InChI=1S/C27H20BrNO7/c1-2-33-21-10-15(4-6-18(21)30)24-23-25(31)17-11-16(28)5-8-19(17)36-26(23)27(32)29(24)12-14-3-7-20-22(9-14)35-13-34-20/h3-11,24,30H,2,12-13H2,1H3. The summed E-state index contributed by atoms with van der Waals surface area (Å²) in [4.78, 5) is 29.0. The lowest BCUT2D eigenvalue weighted by atomic mass is 9.97. The third kappa shape index (κ3) is 3.58. The average Bonchev–Trinajstić information content (AvgIpc) is 3.44. The Morgan fingerprint density at radius 2 is 1.89 bits per heavy atom. The zero-order valence-corrected chi connectivity index (χ0v) is 20.7. The highest BCUT2D eigenvalue weighted by molar-refractivity contribution is 9.10. The second-order valence-electron chi connectivity index (χ2n) is 8.50. The van der Waals surface area contributed by atoms with Gasteiger partial charge in [0.15, 0.2) is 28.4 Å². The second kappa shape index (κ2) is 8.60. The predicted octanol–water partition coefficient (Wildman–Crippen LogP) is 5.13. The number of phenols is 1. The summed E-state index contributed by atoms with van der Waals surface area (Å²) in [5.74, 6) is 1.09. The van der Waals surface area contributed by atoms with E-state index in [4.69, 9.17) is 18.6 Å². The maximum atomic E-state index is 13.8. The molecule has 0 saturated carbocycles. The van der Waals surface area contributed by atoms with E-state index in [1.54, 1.807) is 41.3 Å². The molecule has 4 aromatic rings. The van der Waals surface area contributed by atoms with Gasteiger partial charge in [0.25, 0.3) is 5.91 Å². The van der Waals surface area contributed by atoms with Crippen LogP contribution in [0, 0.1) is 0 Å². The monoisotopic (exact) mass is 549 g/mol. The van der Waals surface area contributed by atoms with Gasteiger partial charge in [-0.25, -0.2) is 0 Å². The molecular formula is C27H20BrNO7. The van der Waals surface area contributed by atoms with Gasteiger partial charge in [-0.1, -0.05) is 28.1 Å². The summed E-state index contributed by atoms with van der Waals surface area (Å²) in [7, 11) is 0. The summed E-state index contributed by atoms with van der Waals surface area (Å²) < 4.78 is 23.2. The molecule has 1 amide bonds. The van der Waals surface area contributed by atoms with Gasteiger partial charge in [-0.05, 0) is 60.5 Å². The summed E-state index contributed by atoms with van der Waals surface area (Å²) in [6.45, 7) is 2.49. The highest BCUT2D eigenvalue weighted by Crippen LogP contribution is 2.42. The molecule has 2 aliphatic heterocycles. The number of aromatic hydroxyl groups is 1. The molecule has 1 unspecified atom stereocenters. The van der Waals surface area contributed by atoms with E-state index in [0.29, 0.717) is 34.6 Å². The summed E-state index contributed by atoms with van der Waals surface area (Å²) in [5, 5.41) is 10.6. The number of hydrogen-bond acceptors (Lipinski definition) is 7. The summed E-state index contributed by atoms with van der Waals surface area (Å²) in [6.07, 6.45) is 0. The van der Waals surface area contributed by atoms with Crippen LogP contribution in [0.15, 0.2) is 68.3 Å². The van der Waals surface area contributed by atoms with Gasteiger partial charge in [-0.15, -0.1) is 0 Å². The van der Waals surface area contributed by atoms with E-state index in [1.807, 2.05) is 19.1 Å². The Hall–Kier alpha value is -3.98. The quantitative estimate of drug-likeness (QED) is 0.368. The number of rotatable bonds is 5. The van der Waals surface area contributed by atoms with Crippen molar-refractivity contribution in [3.05, 3.63) is 91.7 Å².